The van der Waals surface area contributed by atoms with Crippen LogP contribution < -0.4 is 10.2 Å². The second kappa shape index (κ2) is 5.63. The Labute approximate surface area is 134 Å². The molecule has 0 radical (unpaired) electrons. The average Bonchev–Trinajstić information content (AvgIpc) is 2.99. The van der Waals surface area contributed by atoms with E-state index in [4.69, 9.17) is 16.6 Å². The van der Waals surface area contributed by atoms with Gasteiger partial charge in [0.2, 0.25) is 0 Å². The Balaban J connectivity index is 1.71. The molecule has 1 N–H and O–H groups in total. The van der Waals surface area contributed by atoms with E-state index in [1.54, 1.807) is 0 Å². The van der Waals surface area contributed by atoms with Crippen molar-refractivity contribution >= 4 is 22.9 Å². The maximum Gasteiger partial charge on any atom is 0.139 e. The first kappa shape index (κ1) is 13.6. The molecule has 3 aromatic rings. The van der Waals surface area contributed by atoms with Crippen molar-refractivity contribution in [3.63, 3.8) is 0 Å². The lowest BCUT2D eigenvalue weighted by atomic mass is 10.2. The molecule has 0 unspecified atom stereocenters. The molecule has 1 aromatic carbocycles. The molecule has 22 heavy (non-hydrogen) atoms. The molecule has 4 rings (SSSR count). The van der Waals surface area contributed by atoms with E-state index in [9.17, 15) is 0 Å². The number of aromatic nitrogens is 2. The Kier molecular flexibility index (Phi) is 3.48. The van der Waals surface area contributed by atoms with E-state index in [-0.39, 0.29) is 0 Å². The van der Waals surface area contributed by atoms with Crippen LogP contribution in [0.3, 0.4) is 0 Å². The molecule has 0 bridgehead atoms. The van der Waals surface area contributed by atoms with Gasteiger partial charge in [-0.25, -0.2) is 4.98 Å². The number of pyridine rings is 1. The van der Waals surface area contributed by atoms with Crippen molar-refractivity contribution in [1.29, 1.82) is 0 Å². The largest absolute Gasteiger partial charge is 0.369 e. The van der Waals surface area contributed by atoms with Crippen LogP contribution in [-0.4, -0.2) is 35.6 Å². The van der Waals surface area contributed by atoms with Gasteiger partial charge in [0.1, 0.15) is 5.65 Å². The highest BCUT2D eigenvalue weighted by atomic mass is 35.5. The number of halogens is 1. The number of anilines is 1. The summed E-state index contributed by atoms with van der Waals surface area (Å²) in [5.41, 5.74) is 4.18. The minimum absolute atomic E-state index is 0.732. The third-order valence-corrected chi connectivity index (χ3v) is 4.28. The lowest BCUT2D eigenvalue weighted by Crippen LogP contribution is -2.43. The van der Waals surface area contributed by atoms with Crippen molar-refractivity contribution < 1.29 is 0 Å². The lowest BCUT2D eigenvalue weighted by Gasteiger charge is -2.29. The third kappa shape index (κ3) is 2.56. The number of imidazole rings is 1. The number of benzene rings is 1. The molecule has 1 saturated heterocycles. The van der Waals surface area contributed by atoms with Crippen LogP contribution >= 0.6 is 11.6 Å². The molecule has 1 aliphatic rings. The van der Waals surface area contributed by atoms with Gasteiger partial charge in [-0.1, -0.05) is 23.7 Å². The average molecular weight is 313 g/mol. The summed E-state index contributed by atoms with van der Waals surface area (Å²) in [5, 5.41) is 4.11. The van der Waals surface area contributed by atoms with Gasteiger partial charge in [0.25, 0.3) is 0 Å². The van der Waals surface area contributed by atoms with Crippen molar-refractivity contribution in [3.8, 4) is 11.3 Å². The third-order valence-electron chi connectivity index (χ3n) is 4.05. The summed E-state index contributed by atoms with van der Waals surface area (Å²) in [4.78, 5) is 7.13. The van der Waals surface area contributed by atoms with Crippen molar-refractivity contribution in [2.24, 2.45) is 0 Å². The number of piperazine rings is 1. The Morgan fingerprint density at radius 2 is 1.95 bits per heavy atom. The fraction of sp³-hybridized carbons (Fsp3) is 0.235. The van der Waals surface area contributed by atoms with E-state index in [1.165, 1.54) is 5.69 Å². The summed E-state index contributed by atoms with van der Waals surface area (Å²) < 4.78 is 2.06. The Bertz CT molecular complexity index is 805. The highest BCUT2D eigenvalue weighted by Crippen LogP contribution is 2.24. The Morgan fingerprint density at radius 3 is 2.77 bits per heavy atom. The maximum absolute atomic E-state index is 6.07. The molecule has 0 saturated carbocycles. The smallest absolute Gasteiger partial charge is 0.139 e. The molecule has 0 atom stereocenters. The van der Waals surface area contributed by atoms with E-state index in [1.807, 2.05) is 30.5 Å². The SMILES string of the molecule is Clc1cccc(-c2cn3ccc(N4CCNCC4)cc3n2)c1. The van der Waals surface area contributed by atoms with Crippen LogP contribution in [0, 0.1) is 0 Å². The zero-order valence-electron chi connectivity index (χ0n) is 12.2. The van der Waals surface area contributed by atoms with Gasteiger partial charge in [0, 0.05) is 60.9 Å². The van der Waals surface area contributed by atoms with E-state index in [0.717, 1.165) is 48.1 Å². The zero-order chi connectivity index (χ0) is 14.9. The van der Waals surface area contributed by atoms with E-state index in [2.05, 4.69) is 32.9 Å². The maximum atomic E-state index is 6.07. The number of nitrogens with zero attached hydrogens (tertiary/aromatic N) is 3. The van der Waals surface area contributed by atoms with Crippen LogP contribution in [0.25, 0.3) is 16.9 Å². The van der Waals surface area contributed by atoms with Crippen LogP contribution in [-0.2, 0) is 0 Å². The fourth-order valence-electron chi connectivity index (χ4n) is 2.88. The van der Waals surface area contributed by atoms with Crippen LogP contribution in [0.4, 0.5) is 5.69 Å². The molecule has 0 amide bonds. The predicted octanol–water partition coefficient (Wildman–Crippen LogP) is 3.06. The number of hydrogen-bond donors (Lipinski definition) is 1. The van der Waals surface area contributed by atoms with Crippen LogP contribution in [0.2, 0.25) is 5.02 Å². The minimum atomic E-state index is 0.732. The summed E-state index contributed by atoms with van der Waals surface area (Å²) >= 11 is 6.07. The molecule has 0 aliphatic carbocycles. The van der Waals surface area contributed by atoms with Crippen molar-refractivity contribution in [3.05, 3.63) is 53.8 Å². The minimum Gasteiger partial charge on any atom is -0.369 e. The van der Waals surface area contributed by atoms with Gasteiger partial charge in [-0.3, -0.25) is 0 Å². The molecule has 1 fully saturated rings. The Morgan fingerprint density at radius 1 is 1.09 bits per heavy atom. The van der Waals surface area contributed by atoms with Gasteiger partial charge in [-0.05, 0) is 18.2 Å². The first-order valence-corrected chi connectivity index (χ1v) is 7.88. The lowest BCUT2D eigenvalue weighted by molar-refractivity contribution is 0.589. The molecule has 1 aliphatic heterocycles. The predicted molar refractivity (Wildman–Crippen MR) is 90.7 cm³/mol. The van der Waals surface area contributed by atoms with Crippen LogP contribution in [0.15, 0.2) is 48.8 Å². The molecule has 0 spiro atoms. The molecule has 3 heterocycles. The fourth-order valence-corrected chi connectivity index (χ4v) is 3.07. The first-order valence-electron chi connectivity index (χ1n) is 7.50. The van der Waals surface area contributed by atoms with Gasteiger partial charge < -0.3 is 14.6 Å². The molecule has 5 heteroatoms. The summed E-state index contributed by atoms with van der Waals surface area (Å²) in [7, 11) is 0. The van der Waals surface area contributed by atoms with Crippen LogP contribution in [0.1, 0.15) is 0 Å². The molecule has 112 valence electrons. The van der Waals surface area contributed by atoms with E-state index < -0.39 is 0 Å². The van der Waals surface area contributed by atoms with Crippen molar-refractivity contribution in [1.82, 2.24) is 14.7 Å². The summed E-state index contributed by atoms with van der Waals surface area (Å²) in [6.45, 7) is 4.15. The van der Waals surface area contributed by atoms with Gasteiger partial charge >= 0.3 is 0 Å². The molecular weight excluding hydrogens is 296 g/mol. The molecule has 4 nitrogen and oxygen atoms in total. The highest BCUT2D eigenvalue weighted by Gasteiger charge is 2.12. The number of hydrogen-bond acceptors (Lipinski definition) is 3. The zero-order valence-corrected chi connectivity index (χ0v) is 12.9. The molecule has 2 aromatic heterocycles. The number of nitrogens with one attached hydrogen (secondary N) is 1. The van der Waals surface area contributed by atoms with Crippen molar-refractivity contribution in [2.75, 3.05) is 31.1 Å². The highest BCUT2D eigenvalue weighted by molar-refractivity contribution is 6.30. The van der Waals surface area contributed by atoms with Gasteiger partial charge in [0.15, 0.2) is 0 Å². The van der Waals surface area contributed by atoms with Crippen molar-refractivity contribution in [2.45, 2.75) is 0 Å². The Hall–Kier alpha value is -2.04. The van der Waals surface area contributed by atoms with E-state index in [0.29, 0.717) is 0 Å². The first-order chi connectivity index (χ1) is 10.8. The summed E-state index contributed by atoms with van der Waals surface area (Å²) in [6, 6.07) is 12.1. The topological polar surface area (TPSA) is 32.6 Å². The standard InChI is InChI=1S/C17H17ClN4/c18-14-3-1-2-13(10-14)16-12-22-7-4-15(11-17(22)20-16)21-8-5-19-6-9-21/h1-4,7,10-12,19H,5-6,8-9H2. The summed E-state index contributed by atoms with van der Waals surface area (Å²) in [6.07, 6.45) is 4.12. The normalized spacial score (nSPS) is 15.4. The van der Waals surface area contributed by atoms with E-state index >= 15 is 0 Å². The second-order valence-corrected chi connectivity index (χ2v) is 5.96. The molecular formula is C17H17ClN4. The second-order valence-electron chi connectivity index (χ2n) is 5.52. The van der Waals surface area contributed by atoms with Gasteiger partial charge in [-0.2, -0.15) is 0 Å². The van der Waals surface area contributed by atoms with Gasteiger partial charge in [-0.15, -0.1) is 0 Å². The van der Waals surface area contributed by atoms with Crippen LogP contribution in [0.5, 0.6) is 0 Å². The quantitative estimate of drug-likeness (QED) is 0.789. The monoisotopic (exact) mass is 312 g/mol. The number of rotatable bonds is 2. The number of fused-ring (bicyclic) bond motifs is 1. The summed E-state index contributed by atoms with van der Waals surface area (Å²) in [5.74, 6) is 0. The van der Waals surface area contributed by atoms with Gasteiger partial charge in [0.05, 0.1) is 5.69 Å².